The van der Waals surface area contributed by atoms with Crippen LogP contribution < -0.4 is 11.1 Å². The van der Waals surface area contributed by atoms with Crippen molar-refractivity contribution in [3.05, 3.63) is 27.2 Å². The summed E-state index contributed by atoms with van der Waals surface area (Å²) in [5.41, 5.74) is 7.40. The normalized spacial score (nSPS) is 12.9. The summed E-state index contributed by atoms with van der Waals surface area (Å²) in [7, 11) is 1.91. The van der Waals surface area contributed by atoms with Crippen LogP contribution in [0.4, 0.5) is 5.69 Å². The number of nitrogen functional groups attached to an aromatic ring is 1. The molecule has 0 aromatic heterocycles. The number of anilines is 1. The average Bonchev–Trinajstić information content (AvgIpc) is 2.12. The maximum atomic E-state index is 5.94. The second kappa shape index (κ2) is 4.31. The molecule has 0 aliphatic rings. The first-order chi connectivity index (χ1) is 6.06. The maximum Gasteiger partial charge on any atom is 0.0650 e. The fraction of sp³-hybridized carbons (Fsp3) is 0.333. The number of halogens is 2. The van der Waals surface area contributed by atoms with Gasteiger partial charge in [-0.3, -0.25) is 0 Å². The molecular formula is C9H12BrClN2. The molecule has 1 aromatic rings. The molecule has 3 N–H and O–H groups in total. The van der Waals surface area contributed by atoms with Crippen molar-refractivity contribution in [2.24, 2.45) is 0 Å². The van der Waals surface area contributed by atoms with Gasteiger partial charge in [-0.2, -0.15) is 0 Å². The molecule has 1 aromatic carbocycles. The van der Waals surface area contributed by atoms with Gasteiger partial charge < -0.3 is 11.1 Å². The van der Waals surface area contributed by atoms with E-state index in [0.717, 1.165) is 10.0 Å². The largest absolute Gasteiger partial charge is 0.397 e. The number of benzene rings is 1. The van der Waals surface area contributed by atoms with Gasteiger partial charge in [0.1, 0.15) is 0 Å². The van der Waals surface area contributed by atoms with Crippen LogP contribution in [0.3, 0.4) is 0 Å². The number of nitrogens with one attached hydrogen (secondary N) is 1. The summed E-state index contributed by atoms with van der Waals surface area (Å²) < 4.78 is 0.845. The van der Waals surface area contributed by atoms with Crippen molar-refractivity contribution in [3.8, 4) is 0 Å². The first kappa shape index (κ1) is 10.8. The minimum atomic E-state index is 0.273. The summed E-state index contributed by atoms with van der Waals surface area (Å²) in [6.07, 6.45) is 0. The predicted octanol–water partition coefficient (Wildman–Crippen LogP) is 2.97. The van der Waals surface area contributed by atoms with Crippen LogP contribution in [-0.2, 0) is 0 Å². The Morgan fingerprint density at radius 3 is 2.62 bits per heavy atom. The molecule has 0 saturated heterocycles. The third-order valence-corrected chi connectivity index (χ3v) is 3.00. The van der Waals surface area contributed by atoms with Gasteiger partial charge in [0.15, 0.2) is 0 Å². The number of hydrogen-bond donors (Lipinski definition) is 2. The highest BCUT2D eigenvalue weighted by atomic mass is 79.9. The van der Waals surface area contributed by atoms with Crippen molar-refractivity contribution in [3.63, 3.8) is 0 Å². The zero-order valence-corrected chi connectivity index (χ0v) is 9.91. The van der Waals surface area contributed by atoms with E-state index in [-0.39, 0.29) is 6.04 Å². The summed E-state index contributed by atoms with van der Waals surface area (Å²) in [5, 5.41) is 3.72. The van der Waals surface area contributed by atoms with Crippen LogP contribution in [0, 0.1) is 0 Å². The lowest BCUT2D eigenvalue weighted by molar-refractivity contribution is 0.652. The molecule has 0 bridgehead atoms. The summed E-state index contributed by atoms with van der Waals surface area (Å²) in [5.74, 6) is 0. The van der Waals surface area contributed by atoms with Gasteiger partial charge in [0.25, 0.3) is 0 Å². The van der Waals surface area contributed by atoms with Gasteiger partial charge in [0, 0.05) is 10.5 Å². The van der Waals surface area contributed by atoms with E-state index < -0.39 is 0 Å². The second-order valence-corrected chi connectivity index (χ2v) is 4.17. The topological polar surface area (TPSA) is 38.0 Å². The smallest absolute Gasteiger partial charge is 0.0650 e. The van der Waals surface area contributed by atoms with Crippen LogP contribution in [0.2, 0.25) is 5.02 Å². The summed E-state index contributed by atoms with van der Waals surface area (Å²) in [4.78, 5) is 0. The van der Waals surface area contributed by atoms with E-state index in [1.165, 1.54) is 0 Å². The Bertz CT molecular complexity index is 291. The van der Waals surface area contributed by atoms with Crippen molar-refractivity contribution in [2.45, 2.75) is 13.0 Å². The van der Waals surface area contributed by atoms with Gasteiger partial charge in [0.05, 0.1) is 10.7 Å². The van der Waals surface area contributed by atoms with Crippen LogP contribution in [0.15, 0.2) is 16.6 Å². The highest BCUT2D eigenvalue weighted by molar-refractivity contribution is 9.10. The molecule has 1 atom stereocenters. The zero-order chi connectivity index (χ0) is 10.0. The van der Waals surface area contributed by atoms with Crippen molar-refractivity contribution < 1.29 is 0 Å². The van der Waals surface area contributed by atoms with Crippen LogP contribution in [0.5, 0.6) is 0 Å². The van der Waals surface area contributed by atoms with E-state index in [4.69, 9.17) is 17.3 Å². The average molecular weight is 264 g/mol. The molecular weight excluding hydrogens is 251 g/mol. The molecule has 13 heavy (non-hydrogen) atoms. The minimum absolute atomic E-state index is 0.273. The summed E-state index contributed by atoms with van der Waals surface area (Å²) >= 11 is 9.29. The highest BCUT2D eigenvalue weighted by Gasteiger charge is 2.08. The Morgan fingerprint density at radius 2 is 2.15 bits per heavy atom. The van der Waals surface area contributed by atoms with Crippen LogP contribution in [0.1, 0.15) is 18.5 Å². The fourth-order valence-corrected chi connectivity index (χ4v) is 1.84. The van der Waals surface area contributed by atoms with Crippen molar-refractivity contribution in [2.75, 3.05) is 12.8 Å². The van der Waals surface area contributed by atoms with Gasteiger partial charge in [-0.15, -0.1) is 0 Å². The third kappa shape index (κ3) is 2.36. The van der Waals surface area contributed by atoms with Crippen molar-refractivity contribution in [1.82, 2.24) is 5.32 Å². The third-order valence-electron chi connectivity index (χ3n) is 2.03. The summed E-state index contributed by atoms with van der Waals surface area (Å²) in [6, 6.07) is 4.12. The molecule has 0 amide bonds. The lowest BCUT2D eigenvalue weighted by Gasteiger charge is -2.12. The van der Waals surface area contributed by atoms with E-state index >= 15 is 0 Å². The molecule has 0 heterocycles. The predicted molar refractivity (Wildman–Crippen MR) is 61.0 cm³/mol. The van der Waals surface area contributed by atoms with Crippen LogP contribution >= 0.6 is 27.5 Å². The first-order valence-corrected chi connectivity index (χ1v) is 5.15. The van der Waals surface area contributed by atoms with E-state index in [1.54, 1.807) is 0 Å². The fourth-order valence-electron chi connectivity index (χ4n) is 1.02. The van der Waals surface area contributed by atoms with E-state index in [0.29, 0.717) is 10.7 Å². The molecule has 0 saturated carbocycles. The van der Waals surface area contributed by atoms with Gasteiger partial charge in [0.2, 0.25) is 0 Å². The maximum absolute atomic E-state index is 5.94. The molecule has 0 spiro atoms. The quantitative estimate of drug-likeness (QED) is 0.805. The Morgan fingerprint density at radius 1 is 1.54 bits per heavy atom. The minimum Gasteiger partial charge on any atom is -0.397 e. The lowest BCUT2D eigenvalue weighted by atomic mass is 10.1. The Kier molecular flexibility index (Phi) is 3.59. The molecule has 0 aliphatic heterocycles. The molecule has 0 unspecified atom stereocenters. The zero-order valence-electron chi connectivity index (χ0n) is 7.57. The Hall–Kier alpha value is -0.250. The molecule has 72 valence electrons. The molecule has 0 radical (unpaired) electrons. The molecule has 4 heteroatoms. The highest BCUT2D eigenvalue weighted by Crippen LogP contribution is 2.31. The monoisotopic (exact) mass is 262 g/mol. The lowest BCUT2D eigenvalue weighted by Crippen LogP contribution is -2.12. The van der Waals surface area contributed by atoms with Crippen LogP contribution in [-0.4, -0.2) is 7.05 Å². The van der Waals surface area contributed by atoms with Gasteiger partial charge in [-0.05, 0) is 47.6 Å². The SMILES string of the molecule is CN[C@H](C)c1cc(Cl)c(N)c(Br)c1. The van der Waals surface area contributed by atoms with Crippen molar-refractivity contribution in [1.29, 1.82) is 0 Å². The van der Waals surface area contributed by atoms with Gasteiger partial charge in [-0.25, -0.2) is 0 Å². The van der Waals surface area contributed by atoms with E-state index in [1.807, 2.05) is 19.2 Å². The van der Waals surface area contributed by atoms with Crippen molar-refractivity contribution >= 4 is 33.2 Å². The molecule has 1 rings (SSSR count). The number of rotatable bonds is 2. The standard InChI is InChI=1S/C9H12BrClN2/c1-5(13-2)6-3-7(10)9(12)8(11)4-6/h3-5,13H,12H2,1-2H3/t5-/m1/s1. The molecule has 0 fully saturated rings. The summed E-state index contributed by atoms with van der Waals surface area (Å²) in [6.45, 7) is 2.06. The second-order valence-electron chi connectivity index (χ2n) is 2.91. The van der Waals surface area contributed by atoms with E-state index in [2.05, 4.69) is 28.2 Å². The Balaban J connectivity index is 3.13. The van der Waals surface area contributed by atoms with Gasteiger partial charge >= 0.3 is 0 Å². The van der Waals surface area contributed by atoms with E-state index in [9.17, 15) is 0 Å². The number of nitrogens with two attached hydrogens (primary N) is 1. The first-order valence-electron chi connectivity index (χ1n) is 3.98. The Labute approximate surface area is 91.6 Å². The number of hydrogen-bond acceptors (Lipinski definition) is 2. The molecule has 2 nitrogen and oxygen atoms in total. The van der Waals surface area contributed by atoms with Crippen LogP contribution in [0.25, 0.3) is 0 Å². The molecule has 0 aliphatic carbocycles. The van der Waals surface area contributed by atoms with Gasteiger partial charge in [-0.1, -0.05) is 11.6 Å².